The minimum Gasteiger partial charge on any atom is -0.481 e. The van der Waals surface area contributed by atoms with Crippen molar-refractivity contribution in [3.8, 4) is 0 Å². The summed E-state index contributed by atoms with van der Waals surface area (Å²) in [5.41, 5.74) is 0. The summed E-state index contributed by atoms with van der Waals surface area (Å²) in [6.07, 6.45) is 8.82. The lowest BCUT2D eigenvalue weighted by atomic mass is 9.91. The van der Waals surface area contributed by atoms with Crippen LogP contribution in [0.3, 0.4) is 0 Å². The van der Waals surface area contributed by atoms with Gasteiger partial charge in [0.05, 0.1) is 6.42 Å². The van der Waals surface area contributed by atoms with Gasteiger partial charge in [-0.2, -0.15) is 0 Å². The number of amides is 2. The lowest BCUT2D eigenvalue weighted by molar-refractivity contribution is -0.136. The molecule has 1 fully saturated rings. The van der Waals surface area contributed by atoms with E-state index in [1.54, 1.807) is 0 Å². The Hall–Kier alpha value is -1.26. The Morgan fingerprint density at radius 3 is 2.22 bits per heavy atom. The zero-order valence-corrected chi connectivity index (χ0v) is 10.9. The summed E-state index contributed by atoms with van der Waals surface area (Å²) in [6.45, 7) is 0.894. The largest absolute Gasteiger partial charge is 0.481 e. The van der Waals surface area contributed by atoms with Crippen LogP contribution in [0.5, 0.6) is 0 Å². The van der Waals surface area contributed by atoms with Gasteiger partial charge in [0.15, 0.2) is 0 Å². The normalized spacial score (nSPS) is 17.6. The third-order valence-electron chi connectivity index (χ3n) is 3.40. The van der Waals surface area contributed by atoms with Gasteiger partial charge in [-0.1, -0.05) is 32.1 Å². The smallest absolute Gasteiger partial charge is 0.314 e. The highest BCUT2D eigenvalue weighted by Crippen LogP contribution is 2.21. The number of carboxylic acids is 1. The third kappa shape index (κ3) is 7.14. The quantitative estimate of drug-likeness (QED) is 0.705. The Bertz CT molecular complexity index is 261. The average Bonchev–Trinajstić information content (AvgIpc) is 2.27. The summed E-state index contributed by atoms with van der Waals surface area (Å²) in [6, 6.07) is -0.252. The Labute approximate surface area is 108 Å². The summed E-state index contributed by atoms with van der Waals surface area (Å²) in [7, 11) is 0. The molecule has 0 aromatic carbocycles. The molecule has 1 aliphatic carbocycles. The van der Waals surface area contributed by atoms with Crippen molar-refractivity contribution in [2.75, 3.05) is 13.1 Å². The number of rotatable bonds is 5. The fourth-order valence-corrected chi connectivity index (χ4v) is 2.33. The summed E-state index contributed by atoms with van der Waals surface area (Å²) in [5, 5.41) is 13.8. The van der Waals surface area contributed by atoms with Crippen molar-refractivity contribution in [2.24, 2.45) is 5.92 Å². The highest BCUT2D eigenvalue weighted by Gasteiger charge is 2.12. The van der Waals surface area contributed by atoms with E-state index in [9.17, 15) is 9.59 Å². The van der Waals surface area contributed by atoms with E-state index in [1.165, 1.54) is 44.9 Å². The van der Waals surface area contributed by atoms with Crippen LogP contribution in [0.25, 0.3) is 0 Å². The standard InChI is InChI=1S/C13H24N2O3/c16-12(17)8-9-14-13(18)15-10-11-6-4-2-1-3-5-7-11/h11H,1-10H2,(H,16,17)(H2,14,15,18). The van der Waals surface area contributed by atoms with Gasteiger partial charge in [-0.3, -0.25) is 4.79 Å². The number of aliphatic carboxylic acids is 1. The van der Waals surface area contributed by atoms with Crippen molar-refractivity contribution >= 4 is 12.0 Å². The predicted molar refractivity (Wildman–Crippen MR) is 69.5 cm³/mol. The van der Waals surface area contributed by atoms with Crippen LogP contribution in [0.1, 0.15) is 51.4 Å². The fourth-order valence-electron chi connectivity index (χ4n) is 2.33. The van der Waals surface area contributed by atoms with Crippen molar-refractivity contribution < 1.29 is 14.7 Å². The predicted octanol–water partition coefficient (Wildman–Crippen LogP) is 2.12. The molecule has 0 radical (unpaired) electrons. The minimum absolute atomic E-state index is 0.0309. The topological polar surface area (TPSA) is 78.4 Å². The molecule has 0 heterocycles. The first-order valence-electron chi connectivity index (χ1n) is 6.92. The molecular formula is C13H24N2O3. The molecule has 5 nitrogen and oxygen atoms in total. The molecule has 2 amide bonds. The number of urea groups is 1. The molecule has 0 spiro atoms. The van der Waals surface area contributed by atoms with Crippen LogP contribution >= 0.6 is 0 Å². The van der Waals surface area contributed by atoms with E-state index in [4.69, 9.17) is 5.11 Å². The maximum atomic E-state index is 11.4. The van der Waals surface area contributed by atoms with E-state index in [2.05, 4.69) is 10.6 Å². The Morgan fingerprint density at radius 2 is 1.61 bits per heavy atom. The van der Waals surface area contributed by atoms with Crippen LogP contribution in [-0.4, -0.2) is 30.2 Å². The Morgan fingerprint density at radius 1 is 1.00 bits per heavy atom. The van der Waals surface area contributed by atoms with E-state index in [-0.39, 0.29) is 19.0 Å². The van der Waals surface area contributed by atoms with Crippen LogP contribution in [-0.2, 0) is 4.79 Å². The van der Waals surface area contributed by atoms with Gasteiger partial charge in [0.25, 0.3) is 0 Å². The summed E-state index contributed by atoms with van der Waals surface area (Å²) < 4.78 is 0. The number of nitrogens with one attached hydrogen (secondary N) is 2. The zero-order chi connectivity index (χ0) is 13.2. The van der Waals surface area contributed by atoms with E-state index in [0.717, 1.165) is 0 Å². The van der Waals surface area contributed by atoms with Crippen LogP contribution in [0, 0.1) is 5.92 Å². The highest BCUT2D eigenvalue weighted by atomic mass is 16.4. The Kier molecular flexibility index (Phi) is 7.22. The monoisotopic (exact) mass is 256 g/mol. The lowest BCUT2D eigenvalue weighted by Gasteiger charge is -2.20. The minimum atomic E-state index is -0.893. The average molecular weight is 256 g/mol. The molecular weight excluding hydrogens is 232 g/mol. The molecule has 0 bridgehead atoms. The SMILES string of the molecule is O=C(O)CCNC(=O)NCC1CCCCCCC1. The first-order valence-corrected chi connectivity index (χ1v) is 6.92. The molecule has 104 valence electrons. The first-order chi connectivity index (χ1) is 8.68. The second-order valence-corrected chi connectivity index (χ2v) is 4.99. The molecule has 0 atom stereocenters. The number of hydrogen-bond donors (Lipinski definition) is 3. The second-order valence-electron chi connectivity index (χ2n) is 4.99. The van der Waals surface area contributed by atoms with Crippen LogP contribution in [0.4, 0.5) is 4.79 Å². The van der Waals surface area contributed by atoms with Crippen molar-refractivity contribution in [1.29, 1.82) is 0 Å². The molecule has 1 saturated carbocycles. The van der Waals surface area contributed by atoms with Gasteiger partial charge >= 0.3 is 12.0 Å². The molecule has 18 heavy (non-hydrogen) atoms. The second kappa shape index (κ2) is 8.78. The number of hydrogen-bond acceptors (Lipinski definition) is 2. The molecule has 1 aliphatic rings. The number of carboxylic acid groups (broad SMARTS) is 1. The van der Waals surface area contributed by atoms with Crippen molar-refractivity contribution in [3.05, 3.63) is 0 Å². The number of carbonyl (C=O) groups excluding carboxylic acids is 1. The van der Waals surface area contributed by atoms with E-state index in [1.807, 2.05) is 0 Å². The van der Waals surface area contributed by atoms with Crippen LogP contribution in [0.2, 0.25) is 0 Å². The van der Waals surface area contributed by atoms with E-state index < -0.39 is 5.97 Å². The maximum Gasteiger partial charge on any atom is 0.314 e. The molecule has 0 aliphatic heterocycles. The summed E-state index contributed by atoms with van der Waals surface area (Å²) in [4.78, 5) is 21.7. The fraction of sp³-hybridized carbons (Fsp3) is 0.846. The van der Waals surface area contributed by atoms with Gasteiger partial charge in [0.2, 0.25) is 0 Å². The van der Waals surface area contributed by atoms with Gasteiger partial charge in [0.1, 0.15) is 0 Å². The molecule has 3 N–H and O–H groups in total. The van der Waals surface area contributed by atoms with Gasteiger partial charge < -0.3 is 15.7 Å². The van der Waals surface area contributed by atoms with Gasteiger partial charge in [-0.05, 0) is 18.8 Å². The third-order valence-corrected chi connectivity index (χ3v) is 3.40. The highest BCUT2D eigenvalue weighted by molar-refractivity contribution is 5.74. The van der Waals surface area contributed by atoms with Gasteiger partial charge in [-0.15, -0.1) is 0 Å². The molecule has 0 unspecified atom stereocenters. The summed E-state index contributed by atoms with van der Waals surface area (Å²) in [5.74, 6) is -0.314. The summed E-state index contributed by atoms with van der Waals surface area (Å²) >= 11 is 0. The van der Waals surface area contributed by atoms with Gasteiger partial charge in [-0.25, -0.2) is 4.79 Å². The Balaban J connectivity index is 2.10. The van der Waals surface area contributed by atoms with Gasteiger partial charge in [0, 0.05) is 13.1 Å². The van der Waals surface area contributed by atoms with Crippen molar-refractivity contribution in [3.63, 3.8) is 0 Å². The molecule has 0 aromatic rings. The van der Waals surface area contributed by atoms with Crippen LogP contribution in [0.15, 0.2) is 0 Å². The first kappa shape index (κ1) is 14.8. The lowest BCUT2D eigenvalue weighted by Crippen LogP contribution is -2.39. The van der Waals surface area contributed by atoms with Crippen LogP contribution < -0.4 is 10.6 Å². The molecule has 0 saturated heterocycles. The molecule has 0 aromatic heterocycles. The van der Waals surface area contributed by atoms with E-state index in [0.29, 0.717) is 12.5 Å². The van der Waals surface area contributed by atoms with E-state index >= 15 is 0 Å². The van der Waals surface area contributed by atoms with Crippen molar-refractivity contribution in [2.45, 2.75) is 51.4 Å². The maximum absolute atomic E-state index is 11.4. The zero-order valence-electron chi connectivity index (χ0n) is 10.9. The molecule has 1 rings (SSSR count). The van der Waals surface area contributed by atoms with Crippen molar-refractivity contribution in [1.82, 2.24) is 10.6 Å². The number of carbonyl (C=O) groups is 2. The molecule has 5 heteroatoms.